The number of pyridine rings is 1. The van der Waals surface area contributed by atoms with Gasteiger partial charge < -0.3 is 10.6 Å². The van der Waals surface area contributed by atoms with Crippen LogP contribution in [-0.2, 0) is 6.54 Å². The minimum absolute atomic E-state index is 0.0534. The molecule has 25 heavy (non-hydrogen) atoms. The number of hydrogen-bond acceptors (Lipinski definition) is 5. The maximum atomic E-state index is 12.6. The van der Waals surface area contributed by atoms with Gasteiger partial charge in [0.1, 0.15) is 0 Å². The molecule has 0 radical (unpaired) electrons. The molecule has 2 heterocycles. The van der Waals surface area contributed by atoms with E-state index in [9.17, 15) is 14.4 Å². The summed E-state index contributed by atoms with van der Waals surface area (Å²) in [5.74, 6) is -0.297. The van der Waals surface area contributed by atoms with E-state index in [4.69, 9.17) is 0 Å². The molecule has 8 heteroatoms. The zero-order valence-electron chi connectivity index (χ0n) is 15.1. The quantitative estimate of drug-likeness (QED) is 0.635. The second-order valence-corrected chi connectivity index (χ2v) is 6.22. The highest BCUT2D eigenvalue weighted by Gasteiger charge is 2.20. The number of H-pyrrole nitrogens is 1. The van der Waals surface area contributed by atoms with E-state index < -0.39 is 11.2 Å². The Morgan fingerprint density at radius 2 is 2.04 bits per heavy atom. The molecular formula is C17H25N5O3. The third-order valence-corrected chi connectivity index (χ3v) is 3.91. The van der Waals surface area contributed by atoms with E-state index in [1.807, 2.05) is 20.8 Å². The standard InChI is InChI=1S/C17H25N5O3/c1-5-8-22-14-13(16(24)21-17(22)25)11(9-12(20-14)10(2)3)15(23)19-7-6-18-4/h9-10,18H,5-8H2,1-4H3,(H,19,23)(H,21,24,25). The van der Waals surface area contributed by atoms with Crippen LogP contribution in [0.15, 0.2) is 15.7 Å². The van der Waals surface area contributed by atoms with E-state index in [2.05, 4.69) is 20.6 Å². The Morgan fingerprint density at radius 3 is 2.64 bits per heavy atom. The van der Waals surface area contributed by atoms with Crippen LogP contribution in [0.25, 0.3) is 11.0 Å². The summed E-state index contributed by atoms with van der Waals surface area (Å²) in [6, 6.07) is 1.64. The number of carbonyl (C=O) groups excluding carboxylic acids is 1. The molecule has 1 amide bonds. The lowest BCUT2D eigenvalue weighted by atomic mass is 10.0. The van der Waals surface area contributed by atoms with Gasteiger partial charge in [0.25, 0.3) is 11.5 Å². The van der Waals surface area contributed by atoms with Gasteiger partial charge in [-0.15, -0.1) is 0 Å². The van der Waals surface area contributed by atoms with Crippen molar-refractivity contribution in [2.75, 3.05) is 20.1 Å². The summed E-state index contributed by atoms with van der Waals surface area (Å²) < 4.78 is 1.42. The van der Waals surface area contributed by atoms with Gasteiger partial charge in [0.15, 0.2) is 5.65 Å². The van der Waals surface area contributed by atoms with Crippen LogP contribution in [0.1, 0.15) is 49.2 Å². The topological polar surface area (TPSA) is 109 Å². The fraction of sp³-hybridized carbons (Fsp3) is 0.529. The third kappa shape index (κ3) is 3.96. The van der Waals surface area contributed by atoms with Gasteiger partial charge in [0, 0.05) is 25.3 Å². The van der Waals surface area contributed by atoms with Crippen LogP contribution in [0.5, 0.6) is 0 Å². The lowest BCUT2D eigenvalue weighted by Crippen LogP contribution is -2.35. The number of aromatic amines is 1. The number of aromatic nitrogens is 3. The minimum Gasteiger partial charge on any atom is -0.351 e. The fourth-order valence-electron chi connectivity index (χ4n) is 2.60. The average Bonchev–Trinajstić information content (AvgIpc) is 2.57. The first-order valence-electron chi connectivity index (χ1n) is 8.51. The van der Waals surface area contributed by atoms with Crippen LogP contribution in [0.2, 0.25) is 0 Å². The van der Waals surface area contributed by atoms with Crippen LogP contribution in [-0.4, -0.2) is 40.6 Å². The number of nitrogens with zero attached hydrogens (tertiary/aromatic N) is 2. The van der Waals surface area contributed by atoms with E-state index in [1.54, 1.807) is 13.1 Å². The van der Waals surface area contributed by atoms with Gasteiger partial charge in [-0.25, -0.2) is 9.78 Å². The predicted molar refractivity (Wildman–Crippen MR) is 97.3 cm³/mol. The smallest absolute Gasteiger partial charge is 0.329 e. The Kier molecular flexibility index (Phi) is 6.08. The van der Waals surface area contributed by atoms with E-state index in [0.29, 0.717) is 31.7 Å². The van der Waals surface area contributed by atoms with Gasteiger partial charge in [0.2, 0.25) is 0 Å². The Bertz CT molecular complexity index is 882. The zero-order valence-corrected chi connectivity index (χ0v) is 15.1. The molecule has 2 aromatic heterocycles. The summed E-state index contributed by atoms with van der Waals surface area (Å²) in [5.41, 5.74) is 0.0841. The first kappa shape index (κ1) is 18.9. The lowest BCUT2D eigenvalue weighted by molar-refractivity contribution is 0.0955. The van der Waals surface area contributed by atoms with E-state index in [1.165, 1.54) is 4.57 Å². The average molecular weight is 347 g/mol. The summed E-state index contributed by atoms with van der Waals surface area (Å²) >= 11 is 0. The van der Waals surface area contributed by atoms with Crippen molar-refractivity contribution in [1.29, 1.82) is 0 Å². The molecule has 0 aromatic carbocycles. The van der Waals surface area contributed by atoms with Crippen molar-refractivity contribution in [1.82, 2.24) is 25.2 Å². The summed E-state index contributed by atoms with van der Waals surface area (Å²) in [7, 11) is 1.79. The van der Waals surface area contributed by atoms with Crippen molar-refractivity contribution in [3.05, 3.63) is 38.2 Å². The number of aryl methyl sites for hydroxylation is 1. The number of fused-ring (bicyclic) bond motifs is 1. The van der Waals surface area contributed by atoms with Crippen molar-refractivity contribution in [3.8, 4) is 0 Å². The van der Waals surface area contributed by atoms with Gasteiger partial charge >= 0.3 is 5.69 Å². The molecule has 0 bridgehead atoms. The van der Waals surface area contributed by atoms with Crippen LogP contribution in [0, 0.1) is 0 Å². The molecule has 3 N–H and O–H groups in total. The van der Waals surface area contributed by atoms with Gasteiger partial charge in [-0.2, -0.15) is 0 Å². The molecule has 2 rings (SSSR count). The summed E-state index contributed by atoms with van der Waals surface area (Å²) in [5, 5.41) is 5.88. The number of hydrogen-bond donors (Lipinski definition) is 3. The molecule has 0 aliphatic heterocycles. The molecule has 0 saturated carbocycles. The Balaban J connectivity index is 2.75. The third-order valence-electron chi connectivity index (χ3n) is 3.91. The number of likely N-dealkylation sites (N-methyl/N-ethyl adjacent to an activating group) is 1. The summed E-state index contributed by atoms with van der Waals surface area (Å²) in [6.07, 6.45) is 0.707. The van der Waals surface area contributed by atoms with E-state index in [-0.39, 0.29) is 28.4 Å². The van der Waals surface area contributed by atoms with Crippen molar-refractivity contribution in [2.24, 2.45) is 0 Å². The molecule has 0 atom stereocenters. The van der Waals surface area contributed by atoms with Gasteiger partial charge in [-0.1, -0.05) is 20.8 Å². The Morgan fingerprint density at radius 1 is 1.32 bits per heavy atom. The lowest BCUT2D eigenvalue weighted by Gasteiger charge is -2.14. The fourth-order valence-corrected chi connectivity index (χ4v) is 2.60. The van der Waals surface area contributed by atoms with E-state index in [0.717, 1.165) is 0 Å². The molecule has 0 aliphatic carbocycles. The Labute approximate surface area is 145 Å². The maximum Gasteiger partial charge on any atom is 0.329 e. The molecular weight excluding hydrogens is 322 g/mol. The predicted octanol–water partition coefficient (Wildman–Crippen LogP) is 0.567. The highest BCUT2D eigenvalue weighted by Crippen LogP contribution is 2.19. The maximum absolute atomic E-state index is 12.6. The summed E-state index contributed by atoms with van der Waals surface area (Å²) in [4.78, 5) is 44.0. The number of amides is 1. The molecule has 0 aliphatic rings. The monoisotopic (exact) mass is 347 g/mol. The molecule has 0 fully saturated rings. The largest absolute Gasteiger partial charge is 0.351 e. The number of rotatable bonds is 7. The van der Waals surface area contributed by atoms with Crippen molar-refractivity contribution >= 4 is 16.9 Å². The SMILES string of the molecule is CCCn1c(=O)[nH]c(=O)c2c(C(=O)NCCNC)cc(C(C)C)nc21. The van der Waals surface area contributed by atoms with Crippen LogP contribution < -0.4 is 21.9 Å². The highest BCUT2D eigenvalue weighted by atomic mass is 16.2. The molecule has 136 valence electrons. The zero-order chi connectivity index (χ0) is 18.6. The highest BCUT2D eigenvalue weighted by molar-refractivity contribution is 6.05. The van der Waals surface area contributed by atoms with Crippen LogP contribution >= 0.6 is 0 Å². The van der Waals surface area contributed by atoms with Crippen molar-refractivity contribution < 1.29 is 4.79 Å². The summed E-state index contributed by atoms with van der Waals surface area (Å²) in [6.45, 7) is 7.30. The first-order valence-corrected chi connectivity index (χ1v) is 8.51. The second-order valence-electron chi connectivity index (χ2n) is 6.22. The van der Waals surface area contributed by atoms with Gasteiger partial charge in [-0.05, 0) is 25.5 Å². The van der Waals surface area contributed by atoms with Crippen LogP contribution in [0.4, 0.5) is 0 Å². The molecule has 0 spiro atoms. The molecule has 8 nitrogen and oxygen atoms in total. The molecule has 2 aromatic rings. The molecule has 0 unspecified atom stereocenters. The van der Waals surface area contributed by atoms with Crippen molar-refractivity contribution in [2.45, 2.75) is 39.7 Å². The Hall–Kier alpha value is -2.48. The first-order chi connectivity index (χ1) is 11.9. The minimum atomic E-state index is -0.589. The van der Waals surface area contributed by atoms with E-state index >= 15 is 0 Å². The normalized spacial score (nSPS) is 11.2. The second kappa shape index (κ2) is 8.06. The van der Waals surface area contributed by atoms with Gasteiger partial charge in [-0.3, -0.25) is 19.1 Å². The van der Waals surface area contributed by atoms with Crippen molar-refractivity contribution in [3.63, 3.8) is 0 Å². The van der Waals surface area contributed by atoms with Crippen LogP contribution in [0.3, 0.4) is 0 Å². The molecule has 0 saturated heterocycles. The van der Waals surface area contributed by atoms with Gasteiger partial charge in [0.05, 0.1) is 10.9 Å². The number of nitrogens with one attached hydrogen (secondary N) is 3. The number of carbonyl (C=O) groups is 1.